The summed E-state index contributed by atoms with van der Waals surface area (Å²) in [4.78, 5) is 38.2. The summed E-state index contributed by atoms with van der Waals surface area (Å²) in [5.74, 6) is -1.13. The first-order chi connectivity index (χ1) is 38.0. The van der Waals surface area contributed by atoms with E-state index in [1.807, 2.05) is 6.08 Å². The van der Waals surface area contributed by atoms with Crippen LogP contribution in [0.5, 0.6) is 0 Å². The maximum atomic E-state index is 12.9. The molecule has 0 heterocycles. The Balaban J connectivity index is 4.61. The average Bonchev–Trinajstić information content (AvgIpc) is 3.43. The number of ether oxygens (including phenoxy) is 3. The van der Waals surface area contributed by atoms with Crippen LogP contribution in [0.1, 0.15) is 213 Å². The fraction of sp³-hybridized carbons (Fsp3) is 0.507. The highest BCUT2D eigenvalue weighted by molar-refractivity contribution is 5.72. The van der Waals surface area contributed by atoms with Crippen molar-refractivity contribution >= 4 is 17.9 Å². The van der Waals surface area contributed by atoms with Gasteiger partial charge in [0.1, 0.15) is 13.2 Å². The van der Waals surface area contributed by atoms with Crippen molar-refractivity contribution < 1.29 is 28.6 Å². The van der Waals surface area contributed by atoms with Gasteiger partial charge in [0, 0.05) is 12.8 Å². The van der Waals surface area contributed by atoms with Crippen molar-refractivity contribution in [3.05, 3.63) is 194 Å². The van der Waals surface area contributed by atoms with E-state index in [4.69, 9.17) is 14.2 Å². The highest BCUT2D eigenvalue weighted by Crippen LogP contribution is 2.12. The fourth-order valence-electron chi connectivity index (χ4n) is 7.25. The van der Waals surface area contributed by atoms with Gasteiger partial charge in [-0.25, -0.2) is 0 Å². The van der Waals surface area contributed by atoms with E-state index >= 15 is 0 Å². The molecule has 0 saturated heterocycles. The minimum absolute atomic E-state index is 0.106. The second-order valence-corrected chi connectivity index (χ2v) is 18.8. The first-order valence-corrected chi connectivity index (χ1v) is 29.9. The molecule has 0 aliphatic rings. The number of allylic oxidation sites excluding steroid dienone is 31. The van der Waals surface area contributed by atoms with E-state index in [9.17, 15) is 14.4 Å². The van der Waals surface area contributed by atoms with Crippen molar-refractivity contribution in [2.24, 2.45) is 0 Å². The fourth-order valence-corrected chi connectivity index (χ4v) is 7.25. The quantitative estimate of drug-likeness (QED) is 0.0261. The number of unbranched alkanes of at least 4 members (excludes halogenated alkanes) is 9. The molecule has 6 nitrogen and oxygen atoms in total. The Labute approximate surface area is 471 Å². The minimum Gasteiger partial charge on any atom is -0.462 e. The Hall–Kier alpha value is -5.75. The molecule has 0 spiro atoms. The van der Waals surface area contributed by atoms with E-state index in [0.717, 1.165) is 173 Å². The van der Waals surface area contributed by atoms with Crippen LogP contribution < -0.4 is 0 Å². The Morgan fingerprint density at radius 3 is 0.844 bits per heavy atom. The lowest BCUT2D eigenvalue weighted by atomic mass is 10.1. The molecule has 1 atom stereocenters. The lowest BCUT2D eigenvalue weighted by Crippen LogP contribution is -2.30. The topological polar surface area (TPSA) is 78.9 Å². The molecule has 1 unspecified atom stereocenters. The van der Waals surface area contributed by atoms with Gasteiger partial charge in [-0.15, -0.1) is 0 Å². The maximum absolute atomic E-state index is 12.9. The molecule has 0 radical (unpaired) electrons. The molecule has 0 aromatic rings. The van der Waals surface area contributed by atoms with Crippen LogP contribution in [0.2, 0.25) is 0 Å². The molecule has 0 aromatic heterocycles. The molecule has 0 fully saturated rings. The molecule has 0 aliphatic carbocycles. The van der Waals surface area contributed by atoms with Crippen LogP contribution in [0.15, 0.2) is 194 Å². The van der Waals surface area contributed by atoms with E-state index in [1.54, 1.807) is 6.08 Å². The molecule has 0 aliphatic heterocycles. The smallest absolute Gasteiger partial charge is 0.309 e. The summed E-state index contributed by atoms with van der Waals surface area (Å²) < 4.78 is 16.7. The van der Waals surface area contributed by atoms with Gasteiger partial charge in [-0.1, -0.05) is 247 Å². The van der Waals surface area contributed by atoms with E-state index in [0.29, 0.717) is 6.42 Å². The second-order valence-electron chi connectivity index (χ2n) is 18.8. The molecule has 0 bridgehead atoms. The van der Waals surface area contributed by atoms with Crippen molar-refractivity contribution in [2.45, 2.75) is 219 Å². The number of carbonyl (C=O) groups is 3. The van der Waals surface area contributed by atoms with Crippen LogP contribution in [0, 0.1) is 0 Å². The van der Waals surface area contributed by atoms with Gasteiger partial charge >= 0.3 is 17.9 Å². The molecule has 0 rings (SSSR count). The van der Waals surface area contributed by atoms with Gasteiger partial charge in [0.25, 0.3) is 0 Å². The van der Waals surface area contributed by atoms with Crippen molar-refractivity contribution in [1.82, 2.24) is 0 Å². The second kappa shape index (κ2) is 62.8. The molecule has 0 saturated carbocycles. The molecular weight excluding hydrogens is 949 g/mol. The Morgan fingerprint density at radius 1 is 0.273 bits per heavy atom. The third kappa shape index (κ3) is 61.0. The summed E-state index contributed by atoms with van der Waals surface area (Å²) in [6, 6.07) is 0. The van der Waals surface area contributed by atoms with E-state index in [-0.39, 0.29) is 38.0 Å². The molecule has 426 valence electrons. The number of rotatable bonds is 51. The Morgan fingerprint density at radius 2 is 0.519 bits per heavy atom. The van der Waals surface area contributed by atoms with Gasteiger partial charge in [0.05, 0.1) is 6.42 Å². The Kier molecular flexibility index (Phi) is 58.1. The van der Waals surface area contributed by atoms with E-state index in [1.165, 1.54) is 0 Å². The predicted octanol–water partition coefficient (Wildman–Crippen LogP) is 20.6. The van der Waals surface area contributed by atoms with Gasteiger partial charge in [-0.3, -0.25) is 14.4 Å². The van der Waals surface area contributed by atoms with Gasteiger partial charge in [0.2, 0.25) is 0 Å². The largest absolute Gasteiger partial charge is 0.462 e. The summed E-state index contributed by atoms with van der Waals surface area (Å²) in [5, 5.41) is 0. The summed E-state index contributed by atoms with van der Waals surface area (Å²) in [6.07, 6.45) is 95.9. The van der Waals surface area contributed by atoms with Crippen LogP contribution in [0.3, 0.4) is 0 Å². The van der Waals surface area contributed by atoms with Crippen molar-refractivity contribution in [1.29, 1.82) is 0 Å². The highest BCUT2D eigenvalue weighted by atomic mass is 16.6. The SMILES string of the molecule is CC/C=C\C/C=C\C/C=C\C/C=C\C/C=C\C/C=C\CCCCCCC(=O)OCC(COC(=O)C/C=C\C/C=C\C/C=C\C/C=C\C/C=C\CC)OC(=O)CCCCCCC/C=C\C/C=C\C/C=C\C/C=C\C/C=C\CC. The van der Waals surface area contributed by atoms with Gasteiger partial charge in [-0.05, 0) is 141 Å². The number of carbonyl (C=O) groups excluding carboxylic acids is 3. The maximum Gasteiger partial charge on any atom is 0.309 e. The predicted molar refractivity (Wildman–Crippen MR) is 334 cm³/mol. The van der Waals surface area contributed by atoms with Gasteiger partial charge < -0.3 is 14.2 Å². The third-order valence-electron chi connectivity index (χ3n) is 11.6. The van der Waals surface area contributed by atoms with Crippen molar-refractivity contribution in [2.75, 3.05) is 13.2 Å². The summed E-state index contributed by atoms with van der Waals surface area (Å²) >= 11 is 0. The first kappa shape index (κ1) is 71.2. The highest BCUT2D eigenvalue weighted by Gasteiger charge is 2.19. The molecule has 0 amide bonds. The normalized spacial score (nSPS) is 13.5. The van der Waals surface area contributed by atoms with Crippen LogP contribution in [0.25, 0.3) is 0 Å². The lowest BCUT2D eigenvalue weighted by molar-refractivity contribution is -0.166. The van der Waals surface area contributed by atoms with E-state index < -0.39 is 12.1 Å². The average molecular weight is 1060 g/mol. The van der Waals surface area contributed by atoms with Crippen molar-refractivity contribution in [3.8, 4) is 0 Å². The van der Waals surface area contributed by atoms with E-state index in [2.05, 4.69) is 203 Å². The first-order valence-electron chi connectivity index (χ1n) is 29.9. The monoisotopic (exact) mass is 1050 g/mol. The standard InChI is InChI=1S/C71H106O6/c1-4-7-10-13-16-19-22-25-28-30-32-34-35-37-38-40-43-46-49-52-55-58-61-64-70(73)76-67-68(66-75-69(72)63-60-57-54-51-48-45-42-27-24-21-18-15-12-9-6-3)77-71(74)65-62-59-56-53-50-47-44-41-39-36-33-31-29-26-23-20-17-14-11-8-5-2/h7-12,16-21,25-29,32-34,36-38,41-44,46,48,51,57,60,68H,4-6,13-15,22-24,30-31,35,39-40,45,47,49-50,52-56,58-59,61-67H2,1-3H3/b10-7-,11-8-,12-9-,19-16-,20-17-,21-18-,28-25-,29-26-,34-32-,36-33-,38-37-,42-27-,44-41-,46-43-,51-48-,60-57-. The molecular formula is C71H106O6. The lowest BCUT2D eigenvalue weighted by Gasteiger charge is -2.18. The zero-order chi connectivity index (χ0) is 55.7. The van der Waals surface area contributed by atoms with Crippen molar-refractivity contribution in [3.63, 3.8) is 0 Å². The van der Waals surface area contributed by atoms with Gasteiger partial charge in [-0.2, -0.15) is 0 Å². The van der Waals surface area contributed by atoms with Crippen LogP contribution in [-0.2, 0) is 28.6 Å². The molecule has 6 heteroatoms. The zero-order valence-corrected chi connectivity index (χ0v) is 48.6. The Bertz CT molecular complexity index is 1880. The van der Waals surface area contributed by atoms with Crippen LogP contribution >= 0.6 is 0 Å². The number of hydrogen-bond acceptors (Lipinski definition) is 6. The summed E-state index contributed by atoms with van der Waals surface area (Å²) in [5.41, 5.74) is 0. The van der Waals surface area contributed by atoms with Gasteiger partial charge in [0.15, 0.2) is 6.10 Å². The molecule has 0 N–H and O–H groups in total. The summed E-state index contributed by atoms with van der Waals surface area (Å²) in [7, 11) is 0. The number of hydrogen-bond donors (Lipinski definition) is 0. The van der Waals surface area contributed by atoms with Crippen LogP contribution in [0.4, 0.5) is 0 Å². The molecule has 0 aromatic carbocycles. The summed E-state index contributed by atoms with van der Waals surface area (Å²) in [6.45, 7) is 6.15. The van der Waals surface area contributed by atoms with Crippen LogP contribution in [-0.4, -0.2) is 37.2 Å². The zero-order valence-electron chi connectivity index (χ0n) is 48.6. The number of esters is 3. The third-order valence-corrected chi connectivity index (χ3v) is 11.6. The molecule has 77 heavy (non-hydrogen) atoms. The minimum atomic E-state index is -0.853.